The lowest BCUT2D eigenvalue weighted by Crippen LogP contribution is -2.38. The van der Waals surface area contributed by atoms with Crippen LogP contribution >= 0.6 is 0 Å². The van der Waals surface area contributed by atoms with Gasteiger partial charge in [-0.3, -0.25) is 0 Å². The first-order valence-corrected chi connectivity index (χ1v) is 27.2. The van der Waals surface area contributed by atoms with Crippen molar-refractivity contribution in [2.24, 2.45) is 0 Å². The third-order valence-electron chi connectivity index (χ3n) is 17.4. The van der Waals surface area contributed by atoms with Crippen molar-refractivity contribution in [2.45, 2.75) is 10.8 Å². The van der Waals surface area contributed by atoms with Crippen molar-refractivity contribution in [3.8, 4) is 33.4 Å². The molecule has 13 aromatic rings. The average molecular weight is 995 g/mol. The predicted molar refractivity (Wildman–Crippen MR) is 328 cm³/mol. The molecule has 2 aliphatic heterocycles. The van der Waals surface area contributed by atoms with Crippen LogP contribution in [0.2, 0.25) is 0 Å². The number of nitrogens with zero attached hydrogens (tertiary/aromatic N) is 2. The minimum Gasteiger partial charge on any atom is -0.344 e. The van der Waals surface area contributed by atoms with Gasteiger partial charge in [-0.2, -0.15) is 0 Å². The molecule has 0 N–H and O–H groups in total. The number of fused-ring (bicyclic) bond motifs is 7. The van der Waals surface area contributed by atoms with Crippen molar-refractivity contribution in [2.75, 3.05) is 23.9 Å². The maximum absolute atomic E-state index is 2.54. The molecule has 0 fully saturated rings. The number of anilines is 4. The summed E-state index contributed by atoms with van der Waals surface area (Å²) >= 11 is 0. The number of hydrogen-bond acceptors (Lipinski definition) is 2. The zero-order chi connectivity index (χ0) is 52.0. The summed E-state index contributed by atoms with van der Waals surface area (Å²) < 4.78 is 0. The lowest BCUT2D eigenvalue weighted by molar-refractivity contribution is 0.729. The zero-order valence-electron chi connectivity index (χ0n) is 43.6. The average Bonchev–Trinajstić information content (AvgIpc) is 3.67. The van der Waals surface area contributed by atoms with Crippen molar-refractivity contribution < 1.29 is 0 Å². The van der Waals surface area contributed by atoms with Gasteiger partial charge in [0.2, 0.25) is 0 Å². The summed E-state index contributed by atoms with van der Waals surface area (Å²) in [6.45, 7) is 0. The van der Waals surface area contributed by atoms with Gasteiger partial charge in [0.15, 0.2) is 0 Å². The quantitative estimate of drug-likeness (QED) is 0.147. The Balaban J connectivity index is 1.09. The molecule has 0 atom stereocenters. The highest BCUT2D eigenvalue weighted by Crippen LogP contribution is 2.61. The van der Waals surface area contributed by atoms with Gasteiger partial charge in [-0.25, -0.2) is 0 Å². The fraction of sp³-hybridized carbons (Fsp3) is 0.0526. The standard InChI is InChI=1S/C76H54N2/c1-77-68-43-19-17-41-66(68)75(54-27-7-3-8-28-54,55-29-9-4-10-30-55)73-62(39-23-45-70(73)77)58-35-21-37-60-64(58)50-65-59(36-22-38-61(65)72(60)53-48-47-51-25-15-16-26-52(51)49-53)63-40-24-46-71-74(63)76(56-31-11-5-12-32-56,57-33-13-6-14-34-57)67-42-18-20-44-69(67)78(71)2/h3-50H,1-2H3. The van der Waals surface area contributed by atoms with Crippen LogP contribution in [0.1, 0.15) is 44.5 Å². The molecule has 0 saturated heterocycles. The van der Waals surface area contributed by atoms with Crippen molar-refractivity contribution in [1.82, 2.24) is 0 Å². The molecule has 0 aromatic heterocycles. The summed E-state index contributed by atoms with van der Waals surface area (Å²) in [5.74, 6) is 0. The molecule has 2 heteroatoms. The lowest BCUT2D eigenvalue weighted by atomic mass is 9.60. The van der Waals surface area contributed by atoms with Crippen LogP contribution in [0.5, 0.6) is 0 Å². The molecular formula is C76H54N2. The van der Waals surface area contributed by atoms with Gasteiger partial charge in [0.25, 0.3) is 0 Å². The van der Waals surface area contributed by atoms with Crippen molar-refractivity contribution >= 4 is 55.1 Å². The molecule has 15 rings (SSSR count). The fourth-order valence-corrected chi connectivity index (χ4v) is 14.1. The maximum Gasteiger partial charge on any atom is 0.0748 e. The highest BCUT2D eigenvalue weighted by molar-refractivity contribution is 6.20. The van der Waals surface area contributed by atoms with Crippen molar-refractivity contribution in [3.05, 3.63) is 336 Å². The van der Waals surface area contributed by atoms with Crippen molar-refractivity contribution in [3.63, 3.8) is 0 Å². The molecule has 2 heterocycles. The lowest BCUT2D eigenvalue weighted by Gasteiger charge is -2.46. The van der Waals surface area contributed by atoms with Crippen LogP contribution in [0, 0.1) is 0 Å². The fourth-order valence-electron chi connectivity index (χ4n) is 14.1. The summed E-state index contributed by atoms with van der Waals surface area (Å²) in [5, 5.41) is 7.28. The minimum atomic E-state index is -0.660. The van der Waals surface area contributed by atoms with Gasteiger partial charge in [0.05, 0.1) is 10.8 Å². The molecule has 0 spiro atoms. The Bertz CT molecular complexity index is 4140. The molecule has 0 unspecified atom stereocenters. The second-order valence-corrected chi connectivity index (χ2v) is 21.1. The highest BCUT2D eigenvalue weighted by Gasteiger charge is 2.49. The second kappa shape index (κ2) is 17.9. The zero-order valence-corrected chi connectivity index (χ0v) is 43.6. The Morgan fingerprint density at radius 2 is 0.615 bits per heavy atom. The molecule has 13 aromatic carbocycles. The number of benzene rings is 13. The van der Waals surface area contributed by atoms with Crippen LogP contribution in [-0.4, -0.2) is 14.1 Å². The summed E-state index contributed by atoms with van der Waals surface area (Å²) in [7, 11) is 4.48. The summed E-state index contributed by atoms with van der Waals surface area (Å²) in [5.41, 5.74) is 20.6. The van der Waals surface area contributed by atoms with E-state index in [9.17, 15) is 0 Å². The predicted octanol–water partition coefficient (Wildman–Crippen LogP) is 19.1. The van der Waals surface area contributed by atoms with Crippen LogP contribution in [-0.2, 0) is 10.8 Å². The second-order valence-electron chi connectivity index (χ2n) is 21.1. The van der Waals surface area contributed by atoms with E-state index in [0.29, 0.717) is 0 Å². The maximum atomic E-state index is 2.54. The van der Waals surface area contributed by atoms with E-state index < -0.39 is 10.8 Å². The molecular weight excluding hydrogens is 941 g/mol. The molecule has 368 valence electrons. The van der Waals surface area contributed by atoms with E-state index in [-0.39, 0.29) is 0 Å². The largest absolute Gasteiger partial charge is 0.344 e. The highest BCUT2D eigenvalue weighted by atomic mass is 15.1. The molecule has 78 heavy (non-hydrogen) atoms. The van der Waals surface area contributed by atoms with E-state index >= 15 is 0 Å². The molecule has 2 nitrogen and oxygen atoms in total. The first-order chi connectivity index (χ1) is 38.6. The first kappa shape index (κ1) is 45.6. The normalized spacial score (nSPS) is 13.9. The first-order valence-electron chi connectivity index (χ1n) is 27.2. The van der Waals surface area contributed by atoms with Gasteiger partial charge in [-0.05, 0) is 135 Å². The van der Waals surface area contributed by atoms with E-state index in [1.165, 1.54) is 133 Å². The molecule has 0 amide bonds. The monoisotopic (exact) mass is 994 g/mol. The van der Waals surface area contributed by atoms with Gasteiger partial charge < -0.3 is 9.80 Å². The Morgan fingerprint density at radius 3 is 1.06 bits per heavy atom. The Hall–Kier alpha value is -9.76. The van der Waals surface area contributed by atoms with Gasteiger partial charge >= 0.3 is 0 Å². The molecule has 0 radical (unpaired) electrons. The Kier molecular flexibility index (Phi) is 10.5. The number of para-hydroxylation sites is 2. The van der Waals surface area contributed by atoms with Crippen LogP contribution in [0.4, 0.5) is 22.7 Å². The van der Waals surface area contributed by atoms with E-state index in [2.05, 4.69) is 315 Å². The van der Waals surface area contributed by atoms with Crippen molar-refractivity contribution in [1.29, 1.82) is 0 Å². The summed E-state index contributed by atoms with van der Waals surface area (Å²) in [6, 6.07) is 109. The summed E-state index contributed by atoms with van der Waals surface area (Å²) in [4.78, 5) is 4.83. The third kappa shape index (κ3) is 6.50. The Morgan fingerprint density at radius 1 is 0.256 bits per heavy atom. The van der Waals surface area contributed by atoms with E-state index in [1.807, 2.05) is 0 Å². The number of rotatable bonds is 7. The van der Waals surface area contributed by atoms with Gasteiger partial charge in [0.1, 0.15) is 0 Å². The smallest absolute Gasteiger partial charge is 0.0748 e. The van der Waals surface area contributed by atoms with Gasteiger partial charge in [-0.1, -0.05) is 255 Å². The molecule has 0 bridgehead atoms. The van der Waals surface area contributed by atoms with Crippen LogP contribution in [0.15, 0.2) is 291 Å². The minimum absolute atomic E-state index is 0.660. The SMILES string of the molecule is CN1c2ccccc2C(c2ccccc2)(c2ccccc2)c2c(-c3cccc4c(-c5ccc6ccccc6c5)c5cccc(-c6cccc7c6C(c6ccccc6)(c6ccccc6)c6ccccc6N7C)c5cc34)cccc21. The molecule has 0 saturated carbocycles. The van der Waals surface area contributed by atoms with Gasteiger partial charge in [-0.15, -0.1) is 0 Å². The van der Waals surface area contributed by atoms with Crippen LogP contribution in [0.3, 0.4) is 0 Å². The van der Waals surface area contributed by atoms with E-state index in [4.69, 9.17) is 0 Å². The van der Waals surface area contributed by atoms with E-state index in [0.717, 1.165) is 0 Å². The molecule has 0 aliphatic carbocycles. The molecule has 2 aliphatic rings. The third-order valence-corrected chi connectivity index (χ3v) is 17.4. The summed E-state index contributed by atoms with van der Waals surface area (Å²) in [6.07, 6.45) is 0. The Labute approximate surface area is 456 Å². The van der Waals surface area contributed by atoms with Crippen LogP contribution in [0.25, 0.3) is 65.7 Å². The number of hydrogen-bond donors (Lipinski definition) is 0. The van der Waals surface area contributed by atoms with E-state index in [1.54, 1.807) is 0 Å². The van der Waals surface area contributed by atoms with Crippen LogP contribution < -0.4 is 9.80 Å². The van der Waals surface area contributed by atoms with Gasteiger partial charge in [0, 0.05) is 48.0 Å². The topological polar surface area (TPSA) is 6.48 Å².